The number of carbonyl (C=O) groups excluding carboxylic acids is 1. The van der Waals surface area contributed by atoms with Gasteiger partial charge >= 0.3 is 0 Å². The van der Waals surface area contributed by atoms with E-state index in [1.54, 1.807) is 4.90 Å². The number of amides is 1. The number of sulfonamides is 1. The monoisotopic (exact) mass is 402 g/mol. The number of likely N-dealkylation sites (tertiary alicyclic amines) is 1. The van der Waals surface area contributed by atoms with Crippen LogP contribution in [-0.4, -0.2) is 52.0 Å². The summed E-state index contributed by atoms with van der Waals surface area (Å²) in [5.74, 6) is -0.303. The van der Waals surface area contributed by atoms with Crippen molar-refractivity contribution in [3.8, 4) is 0 Å². The highest BCUT2D eigenvalue weighted by atomic mass is 32.2. The summed E-state index contributed by atoms with van der Waals surface area (Å²) in [6, 6.07) is 4.23. The maximum Gasteiger partial charge on any atom is 0.241 e. The standard InChI is InChI=1S/C17H26N2O5S2/c1-4-25(21,22)15-8-10-16(11-9-15)26(23,24)18-14(3)17(20)19-12-6-5-7-13(19)2/h8-11,13-14,18H,4-7,12H2,1-3H3. The first-order valence-electron chi connectivity index (χ1n) is 8.74. The molecule has 2 unspecified atom stereocenters. The van der Waals surface area contributed by atoms with Gasteiger partial charge in [0.05, 0.1) is 21.6 Å². The number of benzene rings is 1. The predicted molar refractivity (Wildman–Crippen MR) is 99.0 cm³/mol. The number of hydrogen-bond donors (Lipinski definition) is 1. The van der Waals surface area contributed by atoms with Crippen molar-refractivity contribution in [1.29, 1.82) is 0 Å². The van der Waals surface area contributed by atoms with Crippen LogP contribution in [0.15, 0.2) is 34.1 Å². The third-order valence-corrected chi connectivity index (χ3v) is 7.97. The molecule has 1 fully saturated rings. The Morgan fingerprint density at radius 3 is 2.27 bits per heavy atom. The van der Waals surface area contributed by atoms with Gasteiger partial charge in [0.1, 0.15) is 0 Å². The second kappa shape index (κ2) is 8.06. The van der Waals surface area contributed by atoms with Crippen LogP contribution < -0.4 is 4.72 Å². The molecule has 146 valence electrons. The third kappa shape index (κ3) is 4.63. The first kappa shape index (κ1) is 20.9. The number of carbonyl (C=O) groups is 1. The second-order valence-electron chi connectivity index (χ2n) is 6.59. The molecule has 1 heterocycles. The van der Waals surface area contributed by atoms with Crippen LogP contribution >= 0.6 is 0 Å². The van der Waals surface area contributed by atoms with E-state index in [0.717, 1.165) is 19.3 Å². The molecule has 0 radical (unpaired) electrons. The van der Waals surface area contributed by atoms with Crippen molar-refractivity contribution >= 4 is 25.8 Å². The molecule has 26 heavy (non-hydrogen) atoms. The number of nitrogens with one attached hydrogen (secondary N) is 1. The van der Waals surface area contributed by atoms with Gasteiger partial charge in [0.2, 0.25) is 15.9 Å². The lowest BCUT2D eigenvalue weighted by molar-refractivity contribution is -0.135. The summed E-state index contributed by atoms with van der Waals surface area (Å²) in [7, 11) is -7.32. The van der Waals surface area contributed by atoms with E-state index in [4.69, 9.17) is 0 Å². The van der Waals surface area contributed by atoms with Crippen molar-refractivity contribution in [1.82, 2.24) is 9.62 Å². The van der Waals surface area contributed by atoms with Gasteiger partial charge in [-0.15, -0.1) is 0 Å². The molecule has 1 amide bonds. The van der Waals surface area contributed by atoms with Crippen molar-refractivity contribution < 1.29 is 21.6 Å². The Labute approximate surface area is 155 Å². The fourth-order valence-corrected chi connectivity index (χ4v) is 5.10. The molecule has 2 rings (SSSR count). The van der Waals surface area contributed by atoms with Gasteiger partial charge < -0.3 is 4.90 Å². The molecule has 0 saturated carbocycles. The summed E-state index contributed by atoms with van der Waals surface area (Å²) in [5, 5.41) is 0. The number of rotatable bonds is 6. The zero-order valence-corrected chi connectivity index (χ0v) is 16.9. The number of sulfone groups is 1. The summed E-state index contributed by atoms with van der Waals surface area (Å²) in [6.07, 6.45) is 2.90. The molecule has 2 atom stereocenters. The lowest BCUT2D eigenvalue weighted by atomic mass is 10.0. The molecular weight excluding hydrogens is 376 g/mol. The fourth-order valence-electron chi connectivity index (χ4n) is 3.02. The Morgan fingerprint density at radius 1 is 1.15 bits per heavy atom. The maximum atomic E-state index is 12.6. The molecule has 1 aliphatic rings. The first-order valence-corrected chi connectivity index (χ1v) is 11.9. The maximum absolute atomic E-state index is 12.6. The average molecular weight is 403 g/mol. The van der Waals surface area contributed by atoms with Gasteiger partial charge in [-0.2, -0.15) is 4.72 Å². The van der Waals surface area contributed by atoms with Crippen molar-refractivity contribution in [2.45, 2.75) is 61.9 Å². The minimum atomic E-state index is -3.92. The Bertz CT molecular complexity index is 848. The molecule has 1 saturated heterocycles. The normalized spacial score (nSPS) is 20.0. The summed E-state index contributed by atoms with van der Waals surface area (Å²) in [6.45, 7) is 5.65. The second-order valence-corrected chi connectivity index (χ2v) is 10.6. The van der Waals surface area contributed by atoms with E-state index in [0.29, 0.717) is 6.54 Å². The molecule has 0 bridgehead atoms. The zero-order valence-electron chi connectivity index (χ0n) is 15.3. The Kier molecular flexibility index (Phi) is 6.46. The number of hydrogen-bond acceptors (Lipinski definition) is 5. The first-order chi connectivity index (χ1) is 12.1. The summed E-state index contributed by atoms with van der Waals surface area (Å²) >= 11 is 0. The highest BCUT2D eigenvalue weighted by molar-refractivity contribution is 7.91. The molecule has 1 aliphatic heterocycles. The van der Waals surface area contributed by atoms with E-state index in [9.17, 15) is 21.6 Å². The Balaban J connectivity index is 2.13. The predicted octanol–water partition coefficient (Wildman–Crippen LogP) is 1.55. The fraction of sp³-hybridized carbons (Fsp3) is 0.588. The van der Waals surface area contributed by atoms with Crippen LogP contribution in [0.3, 0.4) is 0 Å². The van der Waals surface area contributed by atoms with Gasteiger partial charge in [-0.25, -0.2) is 16.8 Å². The minimum Gasteiger partial charge on any atom is -0.339 e. The smallest absolute Gasteiger partial charge is 0.241 e. The van der Waals surface area contributed by atoms with E-state index in [-0.39, 0.29) is 27.5 Å². The van der Waals surface area contributed by atoms with E-state index < -0.39 is 25.9 Å². The number of piperidine rings is 1. The minimum absolute atomic E-state index is 0.0586. The topological polar surface area (TPSA) is 101 Å². The quantitative estimate of drug-likeness (QED) is 0.778. The molecule has 1 aromatic carbocycles. The van der Waals surface area contributed by atoms with Gasteiger partial charge in [0, 0.05) is 12.6 Å². The van der Waals surface area contributed by atoms with E-state index >= 15 is 0 Å². The van der Waals surface area contributed by atoms with Gasteiger partial charge in [-0.1, -0.05) is 6.92 Å². The van der Waals surface area contributed by atoms with Crippen LogP contribution in [-0.2, 0) is 24.7 Å². The van der Waals surface area contributed by atoms with Gasteiger partial charge in [-0.3, -0.25) is 4.79 Å². The average Bonchev–Trinajstić information content (AvgIpc) is 2.61. The van der Waals surface area contributed by atoms with E-state index in [1.165, 1.54) is 38.1 Å². The van der Waals surface area contributed by atoms with Crippen molar-refractivity contribution in [2.24, 2.45) is 0 Å². The van der Waals surface area contributed by atoms with Gasteiger partial charge in [-0.05, 0) is 57.4 Å². The van der Waals surface area contributed by atoms with E-state index in [1.807, 2.05) is 6.92 Å². The summed E-state index contributed by atoms with van der Waals surface area (Å²) in [5.41, 5.74) is 0. The largest absolute Gasteiger partial charge is 0.339 e. The lowest BCUT2D eigenvalue weighted by Gasteiger charge is -2.35. The molecule has 0 aliphatic carbocycles. The third-order valence-electron chi connectivity index (χ3n) is 4.66. The summed E-state index contributed by atoms with van der Waals surface area (Å²) in [4.78, 5) is 14.3. The Morgan fingerprint density at radius 2 is 1.73 bits per heavy atom. The van der Waals surface area contributed by atoms with E-state index in [2.05, 4.69) is 4.72 Å². The van der Waals surface area contributed by atoms with Crippen LogP contribution in [0.2, 0.25) is 0 Å². The zero-order chi connectivity index (χ0) is 19.5. The van der Waals surface area contributed by atoms with Crippen molar-refractivity contribution in [2.75, 3.05) is 12.3 Å². The van der Waals surface area contributed by atoms with Crippen LogP contribution in [0.4, 0.5) is 0 Å². The van der Waals surface area contributed by atoms with Crippen LogP contribution in [0.25, 0.3) is 0 Å². The molecule has 1 aromatic rings. The van der Waals surface area contributed by atoms with Crippen LogP contribution in [0.5, 0.6) is 0 Å². The molecular formula is C17H26N2O5S2. The van der Waals surface area contributed by atoms with Crippen molar-refractivity contribution in [3.05, 3.63) is 24.3 Å². The molecule has 0 spiro atoms. The van der Waals surface area contributed by atoms with Gasteiger partial charge in [0.15, 0.2) is 9.84 Å². The van der Waals surface area contributed by atoms with Crippen LogP contribution in [0, 0.1) is 0 Å². The highest BCUT2D eigenvalue weighted by Gasteiger charge is 2.30. The lowest BCUT2D eigenvalue weighted by Crippen LogP contribution is -2.51. The highest BCUT2D eigenvalue weighted by Crippen LogP contribution is 2.19. The van der Waals surface area contributed by atoms with Crippen LogP contribution in [0.1, 0.15) is 40.0 Å². The number of nitrogens with zero attached hydrogens (tertiary/aromatic N) is 1. The SMILES string of the molecule is CCS(=O)(=O)c1ccc(S(=O)(=O)NC(C)C(=O)N2CCCCC2C)cc1. The summed E-state index contributed by atoms with van der Waals surface area (Å²) < 4.78 is 51.1. The van der Waals surface area contributed by atoms with Gasteiger partial charge in [0.25, 0.3) is 0 Å². The molecule has 0 aromatic heterocycles. The Hall–Kier alpha value is -1.45. The molecule has 9 heteroatoms. The van der Waals surface area contributed by atoms with Crippen molar-refractivity contribution in [3.63, 3.8) is 0 Å². The molecule has 7 nitrogen and oxygen atoms in total. The molecule has 1 N–H and O–H groups in total.